The van der Waals surface area contributed by atoms with Gasteiger partial charge in [0.2, 0.25) is 11.8 Å². The summed E-state index contributed by atoms with van der Waals surface area (Å²) in [6, 6.07) is 0. The molecule has 58 valence electrons. The second-order valence-corrected chi connectivity index (χ2v) is 2.12. The largest absolute Gasteiger partial charge is 0.295 e. The highest BCUT2D eigenvalue weighted by molar-refractivity contribution is 6.28. The fourth-order valence-electron chi connectivity index (χ4n) is 0.478. The molecule has 0 atom stereocenters. The van der Waals surface area contributed by atoms with Crippen LogP contribution in [0.15, 0.2) is 0 Å². The van der Waals surface area contributed by atoms with Crippen LogP contribution < -0.4 is 5.32 Å². The third-order valence-electron chi connectivity index (χ3n) is 0.877. The normalized spacial score (nSPS) is 9.00. The van der Waals surface area contributed by atoms with Crippen molar-refractivity contribution in [1.82, 2.24) is 5.32 Å². The average molecular weight is 164 g/mol. The smallest absolute Gasteiger partial charge is 0.241 e. The van der Waals surface area contributed by atoms with Crippen molar-refractivity contribution in [3.63, 3.8) is 0 Å². The van der Waals surface area contributed by atoms with Crippen molar-refractivity contribution in [2.45, 2.75) is 19.8 Å². The van der Waals surface area contributed by atoms with Crippen LogP contribution in [0.5, 0.6) is 0 Å². The molecule has 0 heterocycles. The maximum Gasteiger partial charge on any atom is 0.241 e. The monoisotopic (exact) mass is 163 g/mol. The molecular weight excluding hydrogens is 154 g/mol. The van der Waals surface area contributed by atoms with E-state index in [0.717, 1.165) is 6.42 Å². The molecule has 0 aromatic carbocycles. The van der Waals surface area contributed by atoms with Crippen molar-refractivity contribution in [1.29, 1.82) is 0 Å². The number of nitrogens with one attached hydrogen (secondary N) is 1. The lowest BCUT2D eigenvalue weighted by Crippen LogP contribution is -2.30. The van der Waals surface area contributed by atoms with Crippen molar-refractivity contribution < 1.29 is 9.59 Å². The summed E-state index contributed by atoms with van der Waals surface area (Å²) in [7, 11) is 0. The number of amides is 2. The lowest BCUT2D eigenvalue weighted by Gasteiger charge is -1.97. The predicted octanol–water partition coefficient (Wildman–Crippen LogP) is 0.668. The molecule has 3 nitrogen and oxygen atoms in total. The molecule has 0 spiro atoms. The molecule has 1 N–H and O–H groups in total. The van der Waals surface area contributed by atoms with Crippen molar-refractivity contribution in [2.24, 2.45) is 0 Å². The van der Waals surface area contributed by atoms with E-state index in [0.29, 0.717) is 6.42 Å². The predicted molar refractivity (Wildman–Crippen MR) is 38.8 cm³/mol. The average Bonchev–Trinajstić information content (AvgIpc) is 1.88. The number of imide groups is 1. The van der Waals surface area contributed by atoms with Crippen LogP contribution in [-0.4, -0.2) is 17.7 Å². The number of hydrogen-bond acceptors (Lipinski definition) is 2. The lowest BCUT2D eigenvalue weighted by atomic mass is 10.3. The molecule has 4 heteroatoms. The Bertz CT molecular complexity index is 136. The summed E-state index contributed by atoms with van der Waals surface area (Å²) in [6.07, 6.45) is 1.12. The third kappa shape index (κ3) is 4.32. The molecule has 0 saturated carbocycles. The number of alkyl halides is 1. The summed E-state index contributed by atoms with van der Waals surface area (Å²) in [5, 5.41) is 2.12. The Morgan fingerprint density at radius 1 is 1.40 bits per heavy atom. The molecule has 0 aliphatic heterocycles. The Kier molecular flexibility index (Phi) is 4.94. The van der Waals surface area contributed by atoms with Gasteiger partial charge in [-0.25, -0.2) is 0 Å². The molecule has 0 radical (unpaired) electrons. The highest BCUT2D eigenvalue weighted by Crippen LogP contribution is 1.85. The molecule has 0 fully saturated rings. The minimum atomic E-state index is -0.430. The van der Waals surface area contributed by atoms with Crippen molar-refractivity contribution in [3.8, 4) is 0 Å². The van der Waals surface area contributed by atoms with E-state index in [-0.39, 0.29) is 11.8 Å². The Morgan fingerprint density at radius 3 is 2.40 bits per heavy atom. The number of carbonyl (C=O) groups is 2. The van der Waals surface area contributed by atoms with Gasteiger partial charge in [0.1, 0.15) is 5.88 Å². The van der Waals surface area contributed by atoms with E-state index in [1.807, 2.05) is 6.92 Å². The zero-order chi connectivity index (χ0) is 7.98. The Morgan fingerprint density at radius 2 is 2.00 bits per heavy atom. The van der Waals surface area contributed by atoms with Crippen LogP contribution in [0.2, 0.25) is 0 Å². The minimum Gasteiger partial charge on any atom is -0.295 e. The van der Waals surface area contributed by atoms with Crippen LogP contribution >= 0.6 is 11.6 Å². The van der Waals surface area contributed by atoms with Crippen LogP contribution in [-0.2, 0) is 9.59 Å². The number of rotatable bonds is 3. The first kappa shape index (κ1) is 9.43. The van der Waals surface area contributed by atoms with Gasteiger partial charge in [-0.3, -0.25) is 14.9 Å². The molecule has 0 rings (SSSR count). The van der Waals surface area contributed by atoms with Crippen molar-refractivity contribution in [2.75, 3.05) is 5.88 Å². The summed E-state index contributed by atoms with van der Waals surface area (Å²) < 4.78 is 0. The molecule has 0 saturated heterocycles. The highest BCUT2D eigenvalue weighted by atomic mass is 35.5. The molecule has 0 aliphatic rings. The summed E-state index contributed by atoms with van der Waals surface area (Å²) in [5.74, 6) is -0.844. The Hall–Kier alpha value is -0.570. The van der Waals surface area contributed by atoms with E-state index in [2.05, 4.69) is 5.32 Å². The fraction of sp³-hybridized carbons (Fsp3) is 0.667. The van der Waals surface area contributed by atoms with E-state index in [9.17, 15) is 9.59 Å². The van der Waals surface area contributed by atoms with Gasteiger partial charge in [-0.2, -0.15) is 0 Å². The summed E-state index contributed by atoms with van der Waals surface area (Å²) >= 11 is 5.13. The van der Waals surface area contributed by atoms with Gasteiger partial charge < -0.3 is 0 Å². The maximum atomic E-state index is 10.6. The molecule has 10 heavy (non-hydrogen) atoms. The zero-order valence-electron chi connectivity index (χ0n) is 5.82. The Balaban J connectivity index is 3.47. The van der Waals surface area contributed by atoms with E-state index in [4.69, 9.17) is 11.6 Å². The summed E-state index contributed by atoms with van der Waals surface area (Å²) in [4.78, 5) is 21.1. The first-order chi connectivity index (χ1) is 4.70. The molecular formula is C6H10ClNO2. The molecule has 0 aliphatic carbocycles. The lowest BCUT2D eigenvalue weighted by molar-refractivity contribution is -0.129. The van der Waals surface area contributed by atoms with Crippen LogP contribution in [0.4, 0.5) is 0 Å². The van der Waals surface area contributed by atoms with E-state index >= 15 is 0 Å². The van der Waals surface area contributed by atoms with Gasteiger partial charge in [0.05, 0.1) is 0 Å². The van der Waals surface area contributed by atoms with Gasteiger partial charge in [-0.15, -0.1) is 11.6 Å². The van der Waals surface area contributed by atoms with Gasteiger partial charge >= 0.3 is 0 Å². The van der Waals surface area contributed by atoms with Gasteiger partial charge in [0.25, 0.3) is 0 Å². The molecule has 0 aromatic heterocycles. The van der Waals surface area contributed by atoms with Gasteiger partial charge in [-0.1, -0.05) is 6.92 Å². The number of hydrogen-bond donors (Lipinski definition) is 1. The highest BCUT2D eigenvalue weighted by Gasteiger charge is 2.03. The SMILES string of the molecule is CCCC(=O)NC(=O)CCl. The van der Waals surface area contributed by atoms with E-state index < -0.39 is 5.91 Å². The van der Waals surface area contributed by atoms with Crippen LogP contribution in [0.3, 0.4) is 0 Å². The van der Waals surface area contributed by atoms with Crippen molar-refractivity contribution in [3.05, 3.63) is 0 Å². The minimum absolute atomic E-state index is 0.157. The summed E-state index contributed by atoms with van der Waals surface area (Å²) in [5.41, 5.74) is 0. The van der Waals surface area contributed by atoms with Gasteiger partial charge in [0.15, 0.2) is 0 Å². The molecule has 0 bridgehead atoms. The second kappa shape index (κ2) is 5.23. The molecule has 2 amide bonds. The van der Waals surface area contributed by atoms with Gasteiger partial charge in [0, 0.05) is 6.42 Å². The zero-order valence-corrected chi connectivity index (χ0v) is 6.57. The standard InChI is InChI=1S/C6H10ClNO2/c1-2-3-5(9)8-6(10)4-7/h2-4H2,1H3,(H,8,9,10). The van der Waals surface area contributed by atoms with Crippen LogP contribution in [0.25, 0.3) is 0 Å². The quantitative estimate of drug-likeness (QED) is 0.622. The van der Waals surface area contributed by atoms with E-state index in [1.165, 1.54) is 0 Å². The summed E-state index contributed by atoms with van der Waals surface area (Å²) in [6.45, 7) is 1.87. The number of carbonyl (C=O) groups excluding carboxylic acids is 2. The fourth-order valence-corrected chi connectivity index (χ4v) is 0.545. The van der Waals surface area contributed by atoms with E-state index in [1.54, 1.807) is 0 Å². The molecule has 0 aromatic rings. The van der Waals surface area contributed by atoms with Crippen molar-refractivity contribution >= 4 is 23.4 Å². The second-order valence-electron chi connectivity index (χ2n) is 1.85. The maximum absolute atomic E-state index is 10.6. The number of halogens is 1. The first-order valence-electron chi connectivity index (χ1n) is 3.09. The van der Waals surface area contributed by atoms with Gasteiger partial charge in [-0.05, 0) is 6.42 Å². The van der Waals surface area contributed by atoms with Crippen LogP contribution in [0.1, 0.15) is 19.8 Å². The third-order valence-corrected chi connectivity index (χ3v) is 1.12. The Labute approximate surface area is 64.7 Å². The first-order valence-corrected chi connectivity index (χ1v) is 3.62. The molecule has 0 unspecified atom stereocenters. The topological polar surface area (TPSA) is 46.2 Å². The van der Waals surface area contributed by atoms with Crippen LogP contribution in [0, 0.1) is 0 Å².